The van der Waals surface area contributed by atoms with Gasteiger partial charge in [-0.1, -0.05) is 28.1 Å². The Labute approximate surface area is 122 Å². The molecule has 1 atom stereocenters. The molecule has 0 bridgehead atoms. The Bertz CT molecular complexity index is 710. The smallest absolute Gasteiger partial charge is 0.404 e. The molecule has 7 heteroatoms. The molecule has 6 nitrogen and oxygen atoms in total. The maximum atomic E-state index is 11.3. The van der Waals surface area contributed by atoms with Crippen molar-refractivity contribution in [1.29, 1.82) is 0 Å². The number of nitrogens with one attached hydrogen (secondary N) is 1. The fourth-order valence-electron chi connectivity index (χ4n) is 2.15. The van der Waals surface area contributed by atoms with Crippen LogP contribution >= 0.6 is 15.9 Å². The standard InChI is InChI=1S/C13H9BrN2O4/c14-13(10-3-4-12(20-10)16(18)19)7-1-2-9-8(5-7)6-11(17)15-9/h1-5,13H,6H2,(H,15,17). The van der Waals surface area contributed by atoms with Crippen molar-refractivity contribution >= 4 is 33.4 Å². The highest BCUT2D eigenvalue weighted by Crippen LogP contribution is 2.36. The van der Waals surface area contributed by atoms with E-state index in [4.69, 9.17) is 4.42 Å². The summed E-state index contributed by atoms with van der Waals surface area (Å²) in [7, 11) is 0. The summed E-state index contributed by atoms with van der Waals surface area (Å²) in [5.41, 5.74) is 2.60. The van der Waals surface area contributed by atoms with Crippen LogP contribution in [0, 0.1) is 10.1 Å². The molecule has 2 aromatic rings. The van der Waals surface area contributed by atoms with Gasteiger partial charge in [0, 0.05) is 5.69 Å². The van der Waals surface area contributed by atoms with Crippen LogP contribution in [0.15, 0.2) is 34.7 Å². The number of alkyl halides is 1. The topological polar surface area (TPSA) is 85.4 Å². The quantitative estimate of drug-likeness (QED) is 0.530. The fraction of sp³-hybridized carbons (Fsp3) is 0.154. The average molecular weight is 337 g/mol. The lowest BCUT2D eigenvalue weighted by Crippen LogP contribution is -2.03. The maximum absolute atomic E-state index is 11.3. The Kier molecular flexibility index (Phi) is 3.06. The summed E-state index contributed by atoms with van der Waals surface area (Å²) in [5, 5.41) is 13.4. The summed E-state index contributed by atoms with van der Waals surface area (Å²) in [6.07, 6.45) is 0.348. The number of nitro groups is 1. The molecule has 1 aromatic heterocycles. The van der Waals surface area contributed by atoms with Gasteiger partial charge in [-0.3, -0.25) is 14.9 Å². The summed E-state index contributed by atoms with van der Waals surface area (Å²) < 4.78 is 5.17. The molecule has 0 aliphatic carbocycles. The van der Waals surface area contributed by atoms with Gasteiger partial charge in [0.25, 0.3) is 0 Å². The summed E-state index contributed by atoms with van der Waals surface area (Å²) in [6.45, 7) is 0. The van der Waals surface area contributed by atoms with Crippen molar-refractivity contribution in [3.63, 3.8) is 0 Å². The molecule has 0 saturated heterocycles. The summed E-state index contributed by atoms with van der Waals surface area (Å²) >= 11 is 3.46. The number of benzene rings is 1. The largest absolute Gasteiger partial charge is 0.433 e. The zero-order valence-electron chi connectivity index (χ0n) is 10.1. The predicted molar refractivity (Wildman–Crippen MR) is 74.9 cm³/mol. The van der Waals surface area contributed by atoms with E-state index in [0.29, 0.717) is 12.2 Å². The van der Waals surface area contributed by atoms with Gasteiger partial charge in [0.05, 0.1) is 17.3 Å². The van der Waals surface area contributed by atoms with Crippen molar-refractivity contribution in [3.05, 3.63) is 57.3 Å². The minimum atomic E-state index is -0.575. The van der Waals surface area contributed by atoms with Gasteiger partial charge in [-0.15, -0.1) is 0 Å². The first-order valence-electron chi connectivity index (χ1n) is 5.85. The number of amides is 1. The Morgan fingerprint density at radius 2 is 2.15 bits per heavy atom. The second-order valence-corrected chi connectivity index (χ2v) is 5.35. The minimum Gasteiger partial charge on any atom is -0.404 e. The van der Waals surface area contributed by atoms with Gasteiger partial charge in [0.1, 0.15) is 10.7 Å². The van der Waals surface area contributed by atoms with Gasteiger partial charge in [0.2, 0.25) is 5.91 Å². The average Bonchev–Trinajstić information content (AvgIpc) is 3.02. The van der Waals surface area contributed by atoms with Crippen LogP contribution in [0.25, 0.3) is 0 Å². The molecule has 1 unspecified atom stereocenters. The van der Waals surface area contributed by atoms with E-state index < -0.39 is 4.92 Å². The number of halogens is 1. The lowest BCUT2D eigenvalue weighted by atomic mass is 10.0. The fourth-order valence-corrected chi connectivity index (χ4v) is 2.68. The first-order valence-corrected chi connectivity index (χ1v) is 6.77. The second kappa shape index (κ2) is 4.75. The highest BCUT2D eigenvalue weighted by atomic mass is 79.9. The van der Waals surface area contributed by atoms with E-state index in [1.807, 2.05) is 18.2 Å². The van der Waals surface area contributed by atoms with Gasteiger partial charge in [-0.25, -0.2) is 0 Å². The molecule has 20 heavy (non-hydrogen) atoms. The van der Waals surface area contributed by atoms with E-state index in [-0.39, 0.29) is 16.6 Å². The number of carbonyl (C=O) groups is 1. The van der Waals surface area contributed by atoms with Crippen molar-refractivity contribution in [2.75, 3.05) is 5.32 Å². The van der Waals surface area contributed by atoms with Crippen LogP contribution in [0.4, 0.5) is 11.6 Å². The first kappa shape index (κ1) is 12.9. The predicted octanol–water partition coefficient (Wildman–Crippen LogP) is 3.17. The SMILES string of the molecule is O=C1Cc2cc(C(Br)c3ccc([N+](=O)[O-])o3)ccc2N1. The third-order valence-electron chi connectivity index (χ3n) is 3.09. The molecule has 1 amide bonds. The number of carbonyl (C=O) groups excluding carboxylic acids is 1. The Morgan fingerprint density at radius 1 is 1.35 bits per heavy atom. The van der Waals surface area contributed by atoms with Crippen molar-refractivity contribution in [2.45, 2.75) is 11.2 Å². The van der Waals surface area contributed by atoms with Crippen LogP contribution in [0.1, 0.15) is 21.7 Å². The van der Waals surface area contributed by atoms with Crippen molar-refractivity contribution in [3.8, 4) is 0 Å². The van der Waals surface area contributed by atoms with Gasteiger partial charge in [-0.2, -0.15) is 0 Å². The monoisotopic (exact) mass is 336 g/mol. The molecular weight excluding hydrogens is 328 g/mol. The molecule has 1 N–H and O–H groups in total. The number of rotatable bonds is 3. The van der Waals surface area contributed by atoms with Gasteiger partial charge in [0.15, 0.2) is 0 Å². The second-order valence-electron chi connectivity index (χ2n) is 4.44. The summed E-state index contributed by atoms with van der Waals surface area (Å²) in [6, 6.07) is 8.44. The number of fused-ring (bicyclic) bond motifs is 1. The molecule has 1 aliphatic heterocycles. The number of furan rings is 1. The minimum absolute atomic E-state index is 0.0306. The molecule has 0 saturated carbocycles. The number of hydrogen-bond acceptors (Lipinski definition) is 4. The lowest BCUT2D eigenvalue weighted by Gasteiger charge is -2.08. The first-order chi connectivity index (χ1) is 9.54. The Morgan fingerprint density at radius 3 is 2.85 bits per heavy atom. The third kappa shape index (κ3) is 2.20. The molecule has 2 heterocycles. The van der Waals surface area contributed by atoms with E-state index in [0.717, 1.165) is 16.8 Å². The van der Waals surface area contributed by atoms with E-state index in [2.05, 4.69) is 21.2 Å². The van der Waals surface area contributed by atoms with Gasteiger partial charge >= 0.3 is 5.88 Å². The molecule has 102 valence electrons. The molecule has 0 fully saturated rings. The van der Waals surface area contributed by atoms with E-state index in [1.165, 1.54) is 6.07 Å². The van der Waals surface area contributed by atoms with Crippen LogP contribution in [-0.4, -0.2) is 10.8 Å². The molecule has 1 aliphatic rings. The van der Waals surface area contributed by atoms with Crippen molar-refractivity contribution in [1.82, 2.24) is 0 Å². The molecule has 0 radical (unpaired) electrons. The number of hydrogen-bond donors (Lipinski definition) is 1. The van der Waals surface area contributed by atoms with Crippen LogP contribution in [0.5, 0.6) is 0 Å². The lowest BCUT2D eigenvalue weighted by molar-refractivity contribution is -0.402. The van der Waals surface area contributed by atoms with Crippen LogP contribution in [0.2, 0.25) is 0 Å². The van der Waals surface area contributed by atoms with Gasteiger partial charge < -0.3 is 9.73 Å². The normalized spacial score (nSPS) is 14.8. The highest BCUT2D eigenvalue weighted by molar-refractivity contribution is 9.09. The van der Waals surface area contributed by atoms with Crippen molar-refractivity contribution in [2.24, 2.45) is 0 Å². The Balaban J connectivity index is 1.90. The van der Waals surface area contributed by atoms with Crippen LogP contribution in [0.3, 0.4) is 0 Å². The molecule has 1 aromatic carbocycles. The maximum Gasteiger partial charge on any atom is 0.433 e. The van der Waals surface area contributed by atoms with Gasteiger partial charge in [-0.05, 0) is 23.3 Å². The summed E-state index contributed by atoms with van der Waals surface area (Å²) in [5.74, 6) is 0.133. The molecule has 0 spiro atoms. The Hall–Kier alpha value is -2.15. The third-order valence-corrected chi connectivity index (χ3v) is 4.07. The van der Waals surface area contributed by atoms with E-state index in [9.17, 15) is 14.9 Å². The highest BCUT2D eigenvalue weighted by Gasteiger charge is 2.22. The van der Waals surface area contributed by atoms with E-state index >= 15 is 0 Å². The molecule has 3 rings (SSSR count). The zero-order chi connectivity index (χ0) is 14.3. The number of anilines is 1. The van der Waals surface area contributed by atoms with Crippen LogP contribution < -0.4 is 5.32 Å². The van der Waals surface area contributed by atoms with Crippen LogP contribution in [-0.2, 0) is 11.2 Å². The summed E-state index contributed by atoms with van der Waals surface area (Å²) in [4.78, 5) is 21.1. The number of nitrogens with zero attached hydrogens (tertiary/aromatic N) is 1. The van der Waals surface area contributed by atoms with Crippen molar-refractivity contribution < 1.29 is 14.1 Å². The molecular formula is C13H9BrN2O4. The van der Waals surface area contributed by atoms with E-state index in [1.54, 1.807) is 6.07 Å². The zero-order valence-corrected chi connectivity index (χ0v) is 11.7.